The summed E-state index contributed by atoms with van der Waals surface area (Å²) in [6.45, 7) is 2.96. The molecule has 0 amide bonds. The molecule has 0 bridgehead atoms. The summed E-state index contributed by atoms with van der Waals surface area (Å²) >= 11 is 0. The highest BCUT2D eigenvalue weighted by Crippen LogP contribution is 2.39. The largest absolute Gasteiger partial charge is 0.312 e. The van der Waals surface area contributed by atoms with Crippen LogP contribution in [0.4, 0.5) is 4.39 Å². The number of halogens is 1. The molecule has 1 aliphatic heterocycles. The van der Waals surface area contributed by atoms with Gasteiger partial charge in [0.25, 0.3) is 0 Å². The highest BCUT2D eigenvalue weighted by atomic mass is 19.1. The van der Waals surface area contributed by atoms with Crippen LogP contribution in [0.1, 0.15) is 41.5 Å². The number of benzene rings is 1. The van der Waals surface area contributed by atoms with Crippen molar-refractivity contribution in [3.63, 3.8) is 0 Å². The fraction of sp³-hybridized carbons (Fsp3) is 0.438. The molecule has 6 heteroatoms. The fourth-order valence-corrected chi connectivity index (χ4v) is 2.99. The first-order chi connectivity index (χ1) is 10.7. The van der Waals surface area contributed by atoms with E-state index in [1.54, 1.807) is 12.1 Å². The molecule has 4 rings (SSSR count). The van der Waals surface area contributed by atoms with Gasteiger partial charge in [0.1, 0.15) is 17.5 Å². The summed E-state index contributed by atoms with van der Waals surface area (Å²) in [4.78, 5) is 2.17. The zero-order chi connectivity index (χ0) is 15.1. The Hall–Kier alpha value is -2.26. The molecule has 0 atom stereocenters. The summed E-state index contributed by atoms with van der Waals surface area (Å²) in [5.41, 5.74) is 0.975. The van der Waals surface area contributed by atoms with E-state index in [4.69, 9.17) is 5.26 Å². The van der Waals surface area contributed by atoms with E-state index in [1.165, 1.54) is 18.9 Å². The highest BCUT2D eigenvalue weighted by Gasteiger charge is 2.32. The minimum absolute atomic E-state index is 0.315. The minimum Gasteiger partial charge on any atom is -0.312 e. The second-order valence-electron chi connectivity index (χ2n) is 6.03. The average Bonchev–Trinajstić information content (AvgIpc) is 3.29. The van der Waals surface area contributed by atoms with Crippen molar-refractivity contribution in [3.05, 3.63) is 46.8 Å². The molecule has 1 aromatic carbocycles. The lowest BCUT2D eigenvalue weighted by Gasteiger charge is -2.27. The maximum Gasteiger partial charge on any atom is 0.147 e. The van der Waals surface area contributed by atoms with Crippen molar-refractivity contribution in [2.24, 2.45) is 0 Å². The number of rotatable bonds is 3. The highest BCUT2D eigenvalue weighted by molar-refractivity contribution is 5.32. The zero-order valence-corrected chi connectivity index (χ0v) is 12.2. The number of nitriles is 1. The summed E-state index contributed by atoms with van der Waals surface area (Å²) < 4.78 is 16.2. The van der Waals surface area contributed by atoms with Crippen molar-refractivity contribution in [1.82, 2.24) is 19.7 Å². The van der Waals surface area contributed by atoms with Crippen LogP contribution in [0.3, 0.4) is 0 Å². The Morgan fingerprint density at radius 1 is 1.27 bits per heavy atom. The zero-order valence-electron chi connectivity index (χ0n) is 12.2. The predicted octanol–water partition coefficient (Wildman–Crippen LogP) is 2.18. The normalized spacial score (nSPS) is 18.0. The van der Waals surface area contributed by atoms with Crippen molar-refractivity contribution in [2.45, 2.75) is 38.4 Å². The molecule has 2 aliphatic rings. The van der Waals surface area contributed by atoms with Gasteiger partial charge in [-0.1, -0.05) is 6.07 Å². The molecular weight excluding hydrogens is 281 g/mol. The van der Waals surface area contributed by atoms with Crippen molar-refractivity contribution < 1.29 is 4.39 Å². The van der Waals surface area contributed by atoms with Crippen LogP contribution < -0.4 is 0 Å². The van der Waals surface area contributed by atoms with Gasteiger partial charge in [-0.05, 0) is 25.0 Å². The molecule has 0 spiro atoms. The monoisotopic (exact) mass is 297 g/mol. The summed E-state index contributed by atoms with van der Waals surface area (Å²) in [7, 11) is 0. The Morgan fingerprint density at radius 3 is 2.86 bits per heavy atom. The van der Waals surface area contributed by atoms with Gasteiger partial charge in [-0.25, -0.2) is 4.39 Å². The minimum atomic E-state index is -0.315. The number of nitrogens with zero attached hydrogens (tertiary/aromatic N) is 5. The van der Waals surface area contributed by atoms with Crippen molar-refractivity contribution in [3.8, 4) is 6.07 Å². The van der Waals surface area contributed by atoms with Gasteiger partial charge in [-0.2, -0.15) is 5.26 Å². The van der Waals surface area contributed by atoms with E-state index in [0.717, 1.165) is 24.7 Å². The predicted molar refractivity (Wildman–Crippen MR) is 77.2 cm³/mol. The molecular formula is C16H16FN5. The van der Waals surface area contributed by atoms with Crippen molar-refractivity contribution in [2.75, 3.05) is 6.54 Å². The number of fused-ring (bicyclic) bond motifs is 1. The van der Waals surface area contributed by atoms with Crippen LogP contribution in [0.25, 0.3) is 0 Å². The Balaban J connectivity index is 1.50. The van der Waals surface area contributed by atoms with Gasteiger partial charge in [0.2, 0.25) is 0 Å². The lowest BCUT2D eigenvalue weighted by atomic mass is 10.1. The molecule has 112 valence electrons. The van der Waals surface area contributed by atoms with Gasteiger partial charge in [-0.3, -0.25) is 4.90 Å². The SMILES string of the molecule is N#Cc1ccc(CN2CCn3c(nnc3C3CC3)C2)c(F)c1. The number of aromatic nitrogens is 3. The summed E-state index contributed by atoms with van der Waals surface area (Å²) in [5, 5.41) is 17.4. The number of hydrogen-bond donors (Lipinski definition) is 0. The standard InChI is InChI=1S/C16H16FN5/c17-14-7-11(8-18)1-2-13(14)9-21-5-6-22-15(10-21)19-20-16(22)12-3-4-12/h1-2,7,12H,3-6,9-10H2. The van der Waals surface area contributed by atoms with E-state index in [9.17, 15) is 4.39 Å². The second kappa shape index (κ2) is 5.18. The van der Waals surface area contributed by atoms with Gasteiger partial charge in [0, 0.05) is 31.1 Å². The first-order valence-electron chi connectivity index (χ1n) is 7.57. The molecule has 5 nitrogen and oxygen atoms in total. The maximum atomic E-state index is 14.0. The number of hydrogen-bond acceptors (Lipinski definition) is 4. The molecule has 1 aromatic heterocycles. The van der Waals surface area contributed by atoms with Crippen LogP contribution in [-0.4, -0.2) is 26.2 Å². The van der Waals surface area contributed by atoms with E-state index in [-0.39, 0.29) is 5.82 Å². The molecule has 1 fully saturated rings. The van der Waals surface area contributed by atoms with Crippen molar-refractivity contribution in [1.29, 1.82) is 5.26 Å². The third-order valence-electron chi connectivity index (χ3n) is 4.38. The van der Waals surface area contributed by atoms with E-state index in [2.05, 4.69) is 19.7 Å². The van der Waals surface area contributed by atoms with E-state index in [1.807, 2.05) is 6.07 Å². The summed E-state index contributed by atoms with van der Waals surface area (Å²) in [5.74, 6) is 2.38. The van der Waals surface area contributed by atoms with Gasteiger partial charge in [0.15, 0.2) is 0 Å². The van der Waals surface area contributed by atoms with Crippen LogP contribution in [0.2, 0.25) is 0 Å². The third-order valence-corrected chi connectivity index (χ3v) is 4.38. The quantitative estimate of drug-likeness (QED) is 0.871. The van der Waals surface area contributed by atoms with E-state index < -0.39 is 0 Å². The fourth-order valence-electron chi connectivity index (χ4n) is 2.99. The first kappa shape index (κ1) is 13.4. The second-order valence-corrected chi connectivity index (χ2v) is 6.03. The van der Waals surface area contributed by atoms with Crippen LogP contribution >= 0.6 is 0 Å². The lowest BCUT2D eigenvalue weighted by Crippen LogP contribution is -2.34. The Labute approximate surface area is 128 Å². The Bertz CT molecular complexity index is 756. The Kier molecular flexibility index (Phi) is 3.16. The van der Waals surface area contributed by atoms with E-state index in [0.29, 0.717) is 30.1 Å². The molecule has 2 heterocycles. The molecule has 1 aliphatic carbocycles. The average molecular weight is 297 g/mol. The molecule has 0 N–H and O–H groups in total. The van der Waals surface area contributed by atoms with Gasteiger partial charge < -0.3 is 4.57 Å². The van der Waals surface area contributed by atoms with Crippen LogP contribution in [-0.2, 0) is 19.6 Å². The smallest absolute Gasteiger partial charge is 0.147 e. The molecule has 0 unspecified atom stereocenters. The maximum absolute atomic E-state index is 14.0. The van der Waals surface area contributed by atoms with Crippen LogP contribution in [0.5, 0.6) is 0 Å². The molecule has 0 radical (unpaired) electrons. The van der Waals surface area contributed by atoms with Gasteiger partial charge in [-0.15, -0.1) is 10.2 Å². The lowest BCUT2D eigenvalue weighted by molar-refractivity contribution is 0.204. The Morgan fingerprint density at radius 2 is 2.14 bits per heavy atom. The molecule has 22 heavy (non-hydrogen) atoms. The molecule has 2 aromatic rings. The van der Waals surface area contributed by atoms with Gasteiger partial charge in [0.05, 0.1) is 18.2 Å². The van der Waals surface area contributed by atoms with Crippen molar-refractivity contribution >= 4 is 0 Å². The topological polar surface area (TPSA) is 57.7 Å². The van der Waals surface area contributed by atoms with Gasteiger partial charge >= 0.3 is 0 Å². The van der Waals surface area contributed by atoms with E-state index >= 15 is 0 Å². The van der Waals surface area contributed by atoms with Crippen LogP contribution in [0, 0.1) is 17.1 Å². The summed E-state index contributed by atoms with van der Waals surface area (Å²) in [6.07, 6.45) is 2.44. The molecule has 1 saturated carbocycles. The third kappa shape index (κ3) is 2.38. The van der Waals surface area contributed by atoms with Crippen LogP contribution in [0.15, 0.2) is 18.2 Å². The summed E-state index contributed by atoms with van der Waals surface area (Å²) in [6, 6.07) is 6.61. The first-order valence-corrected chi connectivity index (χ1v) is 7.57. The molecule has 0 saturated heterocycles.